The number of nitrogens with one attached hydrogen (secondary N) is 1. The molecule has 1 aromatic rings. The van der Waals surface area contributed by atoms with Gasteiger partial charge in [0.1, 0.15) is 0 Å². The van der Waals surface area contributed by atoms with Gasteiger partial charge >= 0.3 is 0 Å². The second kappa shape index (κ2) is 6.76. The molecule has 1 N–H and O–H groups in total. The van der Waals surface area contributed by atoms with Crippen LogP contribution in [0, 0.1) is 0 Å². The Morgan fingerprint density at radius 3 is 2.35 bits per heavy atom. The van der Waals surface area contributed by atoms with Gasteiger partial charge in [0.2, 0.25) is 15.9 Å². The molecular formula is C15H20ClN3O3S. The van der Waals surface area contributed by atoms with Crippen molar-refractivity contribution >= 4 is 27.5 Å². The summed E-state index contributed by atoms with van der Waals surface area (Å²) in [5.74, 6) is 0.0889. The third-order valence-corrected chi connectivity index (χ3v) is 6.52. The number of sulfonamides is 1. The molecule has 6 nitrogen and oxygen atoms in total. The highest BCUT2D eigenvalue weighted by Crippen LogP contribution is 2.20. The number of benzene rings is 1. The van der Waals surface area contributed by atoms with E-state index >= 15 is 0 Å². The van der Waals surface area contributed by atoms with Crippen LogP contribution >= 0.6 is 11.6 Å². The first kappa shape index (κ1) is 16.7. The summed E-state index contributed by atoms with van der Waals surface area (Å²) < 4.78 is 26.6. The molecule has 0 radical (unpaired) electrons. The van der Waals surface area contributed by atoms with Crippen LogP contribution in [0.5, 0.6) is 0 Å². The third-order valence-electron chi connectivity index (χ3n) is 4.36. The molecule has 0 bridgehead atoms. The number of piperazine rings is 1. The second-order valence-corrected chi connectivity index (χ2v) is 8.21. The lowest BCUT2D eigenvalue weighted by molar-refractivity contribution is -0.134. The van der Waals surface area contributed by atoms with Gasteiger partial charge in [-0.1, -0.05) is 11.6 Å². The minimum absolute atomic E-state index is 0.0889. The van der Waals surface area contributed by atoms with E-state index < -0.39 is 10.0 Å². The van der Waals surface area contributed by atoms with Gasteiger partial charge in [-0.15, -0.1) is 0 Å². The van der Waals surface area contributed by atoms with Crippen LogP contribution in [0.4, 0.5) is 0 Å². The minimum atomic E-state index is -3.53. The van der Waals surface area contributed by atoms with Crippen molar-refractivity contribution in [1.29, 1.82) is 0 Å². The van der Waals surface area contributed by atoms with Crippen LogP contribution in [0.2, 0.25) is 5.02 Å². The van der Waals surface area contributed by atoms with E-state index in [1.807, 2.05) is 0 Å². The number of carbonyl (C=O) groups is 1. The van der Waals surface area contributed by atoms with E-state index in [-0.39, 0.29) is 16.8 Å². The van der Waals surface area contributed by atoms with Crippen molar-refractivity contribution in [3.63, 3.8) is 0 Å². The molecular weight excluding hydrogens is 338 g/mol. The molecule has 2 fully saturated rings. The van der Waals surface area contributed by atoms with Gasteiger partial charge in [0.15, 0.2) is 0 Å². The number of hydrogen-bond donors (Lipinski definition) is 1. The van der Waals surface area contributed by atoms with Gasteiger partial charge in [0.05, 0.1) is 10.9 Å². The Kier molecular flexibility index (Phi) is 4.91. The summed E-state index contributed by atoms with van der Waals surface area (Å²) in [6.07, 6.45) is 1.88. The topological polar surface area (TPSA) is 69.7 Å². The Morgan fingerprint density at radius 2 is 1.78 bits per heavy atom. The predicted octanol–water partition coefficient (Wildman–Crippen LogP) is 0.925. The lowest BCUT2D eigenvalue weighted by Gasteiger charge is -2.35. The molecule has 126 valence electrons. The number of hydrogen-bond acceptors (Lipinski definition) is 4. The predicted molar refractivity (Wildman–Crippen MR) is 87.8 cm³/mol. The van der Waals surface area contributed by atoms with Crippen LogP contribution in [-0.2, 0) is 14.8 Å². The Hall–Kier alpha value is -1.15. The molecule has 2 heterocycles. The van der Waals surface area contributed by atoms with Crippen LogP contribution in [-0.4, -0.2) is 62.3 Å². The summed E-state index contributed by atoms with van der Waals surface area (Å²) in [5.41, 5.74) is 0. The van der Waals surface area contributed by atoms with Crippen molar-refractivity contribution in [2.75, 3.05) is 32.7 Å². The number of amides is 1. The molecule has 1 unspecified atom stereocenters. The van der Waals surface area contributed by atoms with Gasteiger partial charge in [-0.3, -0.25) is 4.79 Å². The zero-order valence-electron chi connectivity index (χ0n) is 12.7. The van der Waals surface area contributed by atoms with E-state index in [9.17, 15) is 13.2 Å². The highest BCUT2D eigenvalue weighted by Gasteiger charge is 2.33. The molecule has 23 heavy (non-hydrogen) atoms. The first-order valence-electron chi connectivity index (χ1n) is 7.76. The summed E-state index contributed by atoms with van der Waals surface area (Å²) in [5, 5.41) is 3.69. The van der Waals surface area contributed by atoms with Crippen LogP contribution in [0.15, 0.2) is 29.2 Å². The Morgan fingerprint density at radius 1 is 1.13 bits per heavy atom. The molecule has 0 saturated carbocycles. The molecule has 2 aliphatic heterocycles. The van der Waals surface area contributed by atoms with Gasteiger partial charge in [-0.2, -0.15) is 4.31 Å². The van der Waals surface area contributed by atoms with E-state index in [2.05, 4.69) is 5.32 Å². The van der Waals surface area contributed by atoms with E-state index in [0.717, 1.165) is 19.4 Å². The van der Waals surface area contributed by atoms with Crippen LogP contribution < -0.4 is 5.32 Å². The second-order valence-electron chi connectivity index (χ2n) is 5.83. The highest BCUT2D eigenvalue weighted by atomic mass is 35.5. The van der Waals surface area contributed by atoms with E-state index in [4.69, 9.17) is 11.6 Å². The van der Waals surface area contributed by atoms with Crippen molar-refractivity contribution < 1.29 is 13.2 Å². The van der Waals surface area contributed by atoms with Crippen molar-refractivity contribution in [3.05, 3.63) is 29.3 Å². The fourth-order valence-corrected chi connectivity index (χ4v) is 4.57. The molecule has 0 spiro atoms. The van der Waals surface area contributed by atoms with E-state index in [0.29, 0.717) is 31.2 Å². The van der Waals surface area contributed by atoms with Gasteiger partial charge in [0.25, 0.3) is 0 Å². The molecule has 0 aromatic heterocycles. The Bertz CT molecular complexity index is 664. The number of carbonyl (C=O) groups excluding carboxylic acids is 1. The average Bonchev–Trinajstić information content (AvgIpc) is 3.09. The van der Waals surface area contributed by atoms with Gasteiger partial charge in [-0.05, 0) is 43.7 Å². The van der Waals surface area contributed by atoms with Crippen LogP contribution in [0.3, 0.4) is 0 Å². The fraction of sp³-hybridized carbons (Fsp3) is 0.533. The first-order valence-corrected chi connectivity index (χ1v) is 9.58. The highest BCUT2D eigenvalue weighted by molar-refractivity contribution is 7.89. The van der Waals surface area contributed by atoms with Crippen molar-refractivity contribution in [2.24, 2.45) is 0 Å². The Balaban J connectivity index is 1.64. The van der Waals surface area contributed by atoms with Crippen molar-refractivity contribution in [3.8, 4) is 0 Å². The normalized spacial score (nSPS) is 23.2. The van der Waals surface area contributed by atoms with Gasteiger partial charge in [-0.25, -0.2) is 8.42 Å². The van der Waals surface area contributed by atoms with Crippen LogP contribution in [0.1, 0.15) is 12.8 Å². The van der Waals surface area contributed by atoms with Gasteiger partial charge < -0.3 is 10.2 Å². The Labute approximate surface area is 141 Å². The standard InChI is InChI=1S/C15H20ClN3O3S/c16-12-3-5-13(6-4-12)23(21,22)19-10-8-18(9-11-19)15(20)14-2-1-7-17-14/h3-6,14,17H,1-2,7-11H2. The zero-order chi connectivity index (χ0) is 16.4. The monoisotopic (exact) mass is 357 g/mol. The molecule has 3 rings (SSSR count). The maximum absolute atomic E-state index is 12.6. The zero-order valence-corrected chi connectivity index (χ0v) is 14.3. The molecule has 8 heteroatoms. The smallest absolute Gasteiger partial charge is 0.243 e. The third kappa shape index (κ3) is 3.52. The molecule has 1 atom stereocenters. The maximum Gasteiger partial charge on any atom is 0.243 e. The SMILES string of the molecule is O=C(C1CCCN1)N1CCN(S(=O)(=O)c2ccc(Cl)cc2)CC1. The van der Waals surface area contributed by atoms with Crippen molar-refractivity contribution in [2.45, 2.75) is 23.8 Å². The lowest BCUT2D eigenvalue weighted by atomic mass is 10.2. The van der Waals surface area contributed by atoms with E-state index in [1.165, 1.54) is 16.4 Å². The van der Waals surface area contributed by atoms with E-state index in [1.54, 1.807) is 17.0 Å². The summed E-state index contributed by atoms with van der Waals surface area (Å²) >= 11 is 5.81. The quantitative estimate of drug-likeness (QED) is 0.873. The summed E-state index contributed by atoms with van der Waals surface area (Å²) in [7, 11) is -3.53. The van der Waals surface area contributed by atoms with Gasteiger partial charge in [0, 0.05) is 31.2 Å². The molecule has 2 saturated heterocycles. The molecule has 2 aliphatic rings. The largest absolute Gasteiger partial charge is 0.339 e. The minimum Gasteiger partial charge on any atom is -0.339 e. The molecule has 0 aliphatic carbocycles. The average molecular weight is 358 g/mol. The molecule has 1 aromatic carbocycles. The number of rotatable bonds is 3. The summed E-state index contributed by atoms with van der Waals surface area (Å²) in [6.45, 7) is 2.39. The summed E-state index contributed by atoms with van der Waals surface area (Å²) in [6, 6.07) is 6.06. The lowest BCUT2D eigenvalue weighted by Crippen LogP contribution is -2.54. The number of nitrogens with zero attached hydrogens (tertiary/aromatic N) is 2. The maximum atomic E-state index is 12.6. The first-order chi connectivity index (χ1) is 11.0. The summed E-state index contributed by atoms with van der Waals surface area (Å²) in [4.78, 5) is 14.3. The fourth-order valence-electron chi connectivity index (χ4n) is 3.02. The number of halogens is 1. The van der Waals surface area contributed by atoms with Crippen molar-refractivity contribution in [1.82, 2.24) is 14.5 Å². The molecule has 1 amide bonds. The van der Waals surface area contributed by atoms with Crippen LogP contribution in [0.25, 0.3) is 0 Å².